The van der Waals surface area contributed by atoms with Crippen LogP contribution >= 0.6 is 0 Å². The van der Waals surface area contributed by atoms with E-state index in [2.05, 4.69) is 23.9 Å². The average Bonchev–Trinajstić information content (AvgIpc) is 1.87. The van der Waals surface area contributed by atoms with Gasteiger partial charge in [0.15, 0.2) is 0 Å². The van der Waals surface area contributed by atoms with Crippen molar-refractivity contribution in [3.05, 3.63) is 0 Å². The molecule has 10 heavy (non-hydrogen) atoms. The van der Waals surface area contributed by atoms with E-state index in [0.717, 1.165) is 13.1 Å². The van der Waals surface area contributed by atoms with Crippen molar-refractivity contribution in [2.45, 2.75) is 13.8 Å². The molecule has 0 aromatic heterocycles. The molecule has 0 aromatic rings. The third-order valence-corrected chi connectivity index (χ3v) is 1.02. The number of rotatable bonds is 6. The van der Waals surface area contributed by atoms with Gasteiger partial charge in [0, 0.05) is 6.54 Å². The largest absolute Gasteiger partial charge is 0.467 e. The molecule has 0 unspecified atom stereocenters. The predicted octanol–water partition coefficient (Wildman–Crippen LogP) is 0.405. The van der Waals surface area contributed by atoms with E-state index in [4.69, 9.17) is 0 Å². The van der Waals surface area contributed by atoms with E-state index in [1.54, 1.807) is 0 Å². The van der Waals surface area contributed by atoms with E-state index in [1.807, 2.05) is 0 Å². The van der Waals surface area contributed by atoms with Gasteiger partial charge in [-0.1, -0.05) is 13.8 Å². The maximum Gasteiger partial charge on any atom is 0.293 e. The molecular formula is C7H15NO2. The highest BCUT2D eigenvalue weighted by molar-refractivity contribution is 5.36. The molecule has 3 heteroatoms. The zero-order chi connectivity index (χ0) is 7.82. The summed E-state index contributed by atoms with van der Waals surface area (Å²) in [5, 5.41) is 3.14. The smallest absolute Gasteiger partial charge is 0.293 e. The van der Waals surface area contributed by atoms with Crippen LogP contribution in [0.4, 0.5) is 0 Å². The van der Waals surface area contributed by atoms with Gasteiger partial charge in [-0.2, -0.15) is 0 Å². The molecule has 0 saturated heterocycles. The van der Waals surface area contributed by atoms with E-state index >= 15 is 0 Å². The molecule has 0 saturated carbocycles. The molecule has 0 spiro atoms. The lowest BCUT2D eigenvalue weighted by Gasteiger charge is -2.05. The van der Waals surface area contributed by atoms with Gasteiger partial charge in [-0.3, -0.25) is 4.79 Å². The SMILES string of the molecule is CC(C)CNCCOC=O. The molecule has 0 rings (SSSR count). The zero-order valence-electron chi connectivity index (χ0n) is 6.59. The first-order valence-corrected chi connectivity index (χ1v) is 3.53. The van der Waals surface area contributed by atoms with Gasteiger partial charge >= 0.3 is 0 Å². The van der Waals surface area contributed by atoms with Crippen molar-refractivity contribution in [3.8, 4) is 0 Å². The third-order valence-electron chi connectivity index (χ3n) is 1.02. The molecule has 0 bridgehead atoms. The topological polar surface area (TPSA) is 38.3 Å². The summed E-state index contributed by atoms with van der Waals surface area (Å²) in [4.78, 5) is 9.65. The standard InChI is InChI=1S/C7H15NO2/c1-7(2)5-8-3-4-10-6-9/h6-8H,3-5H2,1-2H3. The van der Waals surface area contributed by atoms with E-state index in [0.29, 0.717) is 19.0 Å². The molecule has 0 aliphatic heterocycles. The minimum absolute atomic E-state index is 0.468. The Hall–Kier alpha value is -0.570. The summed E-state index contributed by atoms with van der Waals surface area (Å²) in [7, 11) is 0. The first kappa shape index (κ1) is 9.43. The van der Waals surface area contributed by atoms with Crippen LogP contribution in [0.1, 0.15) is 13.8 Å². The molecule has 0 amide bonds. The fourth-order valence-electron chi connectivity index (χ4n) is 0.570. The average molecular weight is 145 g/mol. The summed E-state index contributed by atoms with van der Waals surface area (Å²) in [6.07, 6.45) is 0. The van der Waals surface area contributed by atoms with Crippen molar-refractivity contribution in [3.63, 3.8) is 0 Å². The van der Waals surface area contributed by atoms with Crippen LogP contribution in [-0.4, -0.2) is 26.2 Å². The maximum absolute atomic E-state index is 9.65. The first-order valence-electron chi connectivity index (χ1n) is 3.53. The molecule has 1 N–H and O–H groups in total. The van der Waals surface area contributed by atoms with Crippen molar-refractivity contribution in [1.29, 1.82) is 0 Å². The highest BCUT2D eigenvalue weighted by atomic mass is 16.5. The van der Waals surface area contributed by atoms with E-state index in [9.17, 15) is 4.79 Å². The zero-order valence-corrected chi connectivity index (χ0v) is 6.59. The van der Waals surface area contributed by atoms with Gasteiger partial charge in [0.1, 0.15) is 6.61 Å². The summed E-state index contributed by atoms with van der Waals surface area (Å²) in [5.74, 6) is 0.649. The summed E-state index contributed by atoms with van der Waals surface area (Å²) < 4.78 is 4.47. The van der Waals surface area contributed by atoms with Gasteiger partial charge in [-0.05, 0) is 12.5 Å². The Bertz CT molecular complexity index is 83.7. The van der Waals surface area contributed by atoms with Crippen LogP contribution in [0.3, 0.4) is 0 Å². The number of hydrogen-bond donors (Lipinski definition) is 1. The fourth-order valence-corrected chi connectivity index (χ4v) is 0.570. The minimum Gasteiger partial charge on any atom is -0.467 e. The van der Waals surface area contributed by atoms with Crippen molar-refractivity contribution in [1.82, 2.24) is 5.32 Å². The van der Waals surface area contributed by atoms with Crippen molar-refractivity contribution in [2.75, 3.05) is 19.7 Å². The Morgan fingerprint density at radius 1 is 1.60 bits per heavy atom. The van der Waals surface area contributed by atoms with E-state index in [-0.39, 0.29) is 0 Å². The van der Waals surface area contributed by atoms with Gasteiger partial charge in [0.2, 0.25) is 0 Å². The lowest BCUT2D eigenvalue weighted by molar-refractivity contribution is -0.128. The number of ether oxygens (including phenoxy) is 1. The van der Waals surface area contributed by atoms with Gasteiger partial charge in [0.25, 0.3) is 6.47 Å². The molecule has 0 aromatic carbocycles. The van der Waals surface area contributed by atoms with Crippen molar-refractivity contribution >= 4 is 6.47 Å². The minimum atomic E-state index is 0.468. The van der Waals surface area contributed by atoms with Crippen molar-refractivity contribution in [2.24, 2.45) is 5.92 Å². The maximum atomic E-state index is 9.65. The molecule has 0 aliphatic carbocycles. The van der Waals surface area contributed by atoms with Crippen LogP contribution in [0.5, 0.6) is 0 Å². The number of carbonyl (C=O) groups is 1. The summed E-state index contributed by atoms with van der Waals surface area (Å²) in [5.41, 5.74) is 0. The quantitative estimate of drug-likeness (QED) is 0.434. The highest BCUT2D eigenvalue weighted by Crippen LogP contribution is 1.85. The fraction of sp³-hybridized carbons (Fsp3) is 0.857. The number of carbonyl (C=O) groups excluding carboxylic acids is 1. The summed E-state index contributed by atoms with van der Waals surface area (Å²) in [6.45, 7) is 6.92. The molecule has 0 atom stereocenters. The van der Waals surface area contributed by atoms with Crippen LogP contribution in [0.2, 0.25) is 0 Å². The van der Waals surface area contributed by atoms with E-state index in [1.165, 1.54) is 0 Å². The molecule has 3 nitrogen and oxygen atoms in total. The second kappa shape index (κ2) is 6.55. The molecule has 0 aliphatic rings. The summed E-state index contributed by atoms with van der Waals surface area (Å²) >= 11 is 0. The monoisotopic (exact) mass is 145 g/mol. The Morgan fingerprint density at radius 2 is 2.30 bits per heavy atom. The molecular weight excluding hydrogens is 130 g/mol. The lowest BCUT2D eigenvalue weighted by Crippen LogP contribution is -2.23. The van der Waals surface area contributed by atoms with Gasteiger partial charge in [-0.15, -0.1) is 0 Å². The van der Waals surface area contributed by atoms with Crippen LogP contribution in [-0.2, 0) is 9.53 Å². The van der Waals surface area contributed by atoms with Gasteiger partial charge in [0.05, 0.1) is 0 Å². The first-order chi connectivity index (χ1) is 4.77. The second-order valence-electron chi connectivity index (χ2n) is 2.56. The lowest BCUT2D eigenvalue weighted by atomic mass is 10.2. The predicted molar refractivity (Wildman–Crippen MR) is 39.7 cm³/mol. The van der Waals surface area contributed by atoms with Gasteiger partial charge in [-0.25, -0.2) is 0 Å². The molecule has 0 heterocycles. The Morgan fingerprint density at radius 3 is 2.80 bits per heavy atom. The number of nitrogens with one attached hydrogen (secondary N) is 1. The third kappa shape index (κ3) is 7.43. The van der Waals surface area contributed by atoms with Gasteiger partial charge < -0.3 is 10.1 Å². The Labute approximate surface area is 61.8 Å². The van der Waals surface area contributed by atoms with Crippen LogP contribution in [0.15, 0.2) is 0 Å². The molecule has 0 fully saturated rings. The van der Waals surface area contributed by atoms with Crippen LogP contribution in [0.25, 0.3) is 0 Å². The highest BCUT2D eigenvalue weighted by Gasteiger charge is 1.90. The second-order valence-corrected chi connectivity index (χ2v) is 2.56. The molecule has 0 radical (unpaired) electrons. The Balaban J connectivity index is 2.83. The summed E-state index contributed by atoms with van der Waals surface area (Å²) in [6, 6.07) is 0. The van der Waals surface area contributed by atoms with Crippen LogP contribution in [0, 0.1) is 5.92 Å². The van der Waals surface area contributed by atoms with E-state index < -0.39 is 0 Å². The Kier molecular flexibility index (Phi) is 6.18. The molecule has 60 valence electrons. The normalized spacial score (nSPS) is 9.90. The van der Waals surface area contributed by atoms with Crippen LogP contribution < -0.4 is 5.32 Å². The number of hydrogen-bond acceptors (Lipinski definition) is 3. The van der Waals surface area contributed by atoms with Crippen molar-refractivity contribution < 1.29 is 9.53 Å².